The molecule has 94 valence electrons. The minimum Gasteiger partial charge on any atom is -0.481 e. The molecule has 0 aromatic heterocycles. The first kappa shape index (κ1) is 15.7. The van der Waals surface area contributed by atoms with Gasteiger partial charge in [0.2, 0.25) is 5.91 Å². The molecule has 0 aliphatic carbocycles. The van der Waals surface area contributed by atoms with Crippen molar-refractivity contribution in [2.24, 2.45) is 0 Å². The smallest absolute Gasteiger partial charge is 0.233 e. The number of ether oxygens (including phenoxy) is 1. The average Bonchev–Trinajstić information content (AvgIpc) is 2.17. The van der Waals surface area contributed by atoms with Crippen LogP contribution in [-0.2, 0) is 9.53 Å². The van der Waals surface area contributed by atoms with Gasteiger partial charge in [0, 0.05) is 10.7 Å². The third-order valence-corrected chi connectivity index (χ3v) is 1.98. The quantitative estimate of drug-likeness (QED) is 0.656. The van der Waals surface area contributed by atoms with Gasteiger partial charge in [-0.3, -0.25) is 10.2 Å². The SMILES string of the molecule is CCOC(=N)CC(=O)Nc1cccc(Cl)c1.Cl. The van der Waals surface area contributed by atoms with Crippen LogP contribution in [0, 0.1) is 5.41 Å². The predicted molar refractivity (Wildman–Crippen MR) is 71.3 cm³/mol. The zero-order chi connectivity index (χ0) is 12.0. The standard InChI is InChI=1S/C11H13ClN2O2.ClH/c1-2-16-10(13)7-11(15)14-9-5-3-4-8(12)6-9;/h3-6,13H,2,7H2,1H3,(H,14,15);1H. The number of anilines is 1. The van der Waals surface area contributed by atoms with Crippen LogP contribution in [0.1, 0.15) is 13.3 Å². The molecule has 1 aromatic rings. The summed E-state index contributed by atoms with van der Waals surface area (Å²) < 4.78 is 4.87. The normalized spacial score (nSPS) is 9.06. The monoisotopic (exact) mass is 276 g/mol. The van der Waals surface area contributed by atoms with E-state index in [9.17, 15) is 4.79 Å². The summed E-state index contributed by atoms with van der Waals surface area (Å²) in [5.74, 6) is -0.331. The third kappa shape index (κ3) is 6.14. The van der Waals surface area contributed by atoms with Crippen molar-refractivity contribution in [3.63, 3.8) is 0 Å². The van der Waals surface area contributed by atoms with Crippen molar-refractivity contribution < 1.29 is 9.53 Å². The van der Waals surface area contributed by atoms with Crippen LogP contribution in [0.25, 0.3) is 0 Å². The lowest BCUT2D eigenvalue weighted by Gasteiger charge is -2.06. The fraction of sp³-hybridized carbons (Fsp3) is 0.273. The summed E-state index contributed by atoms with van der Waals surface area (Å²) >= 11 is 5.77. The lowest BCUT2D eigenvalue weighted by Crippen LogP contribution is -2.17. The first-order valence-corrected chi connectivity index (χ1v) is 5.25. The van der Waals surface area contributed by atoms with Crippen molar-refractivity contribution in [1.82, 2.24) is 0 Å². The molecule has 0 atom stereocenters. The summed E-state index contributed by atoms with van der Waals surface area (Å²) in [6.07, 6.45) is -0.0691. The summed E-state index contributed by atoms with van der Waals surface area (Å²) in [5, 5.41) is 10.5. The minimum absolute atomic E-state index is 0. The summed E-state index contributed by atoms with van der Waals surface area (Å²) in [6.45, 7) is 2.16. The van der Waals surface area contributed by atoms with Gasteiger partial charge in [-0.1, -0.05) is 17.7 Å². The van der Waals surface area contributed by atoms with Gasteiger partial charge in [0.25, 0.3) is 0 Å². The van der Waals surface area contributed by atoms with Crippen LogP contribution < -0.4 is 5.32 Å². The molecule has 1 aromatic carbocycles. The molecule has 17 heavy (non-hydrogen) atoms. The topological polar surface area (TPSA) is 62.2 Å². The number of halogens is 2. The lowest BCUT2D eigenvalue weighted by atomic mass is 10.3. The molecule has 1 amide bonds. The van der Waals surface area contributed by atoms with Gasteiger partial charge in [0.15, 0.2) is 5.90 Å². The molecule has 2 N–H and O–H groups in total. The van der Waals surface area contributed by atoms with Crippen LogP contribution in [0.3, 0.4) is 0 Å². The highest BCUT2D eigenvalue weighted by Gasteiger charge is 2.07. The highest BCUT2D eigenvalue weighted by atomic mass is 35.5. The van der Waals surface area contributed by atoms with Crippen molar-refractivity contribution in [2.75, 3.05) is 11.9 Å². The molecule has 1 rings (SSSR count). The largest absolute Gasteiger partial charge is 0.481 e. The average molecular weight is 277 g/mol. The summed E-state index contributed by atoms with van der Waals surface area (Å²) in [5.41, 5.74) is 0.613. The van der Waals surface area contributed by atoms with E-state index < -0.39 is 0 Å². The number of nitrogens with one attached hydrogen (secondary N) is 2. The van der Waals surface area contributed by atoms with Crippen molar-refractivity contribution in [3.05, 3.63) is 29.3 Å². The Hall–Kier alpha value is -1.26. The Labute approximate surface area is 111 Å². The number of carbonyl (C=O) groups is 1. The Bertz CT molecular complexity index is 397. The number of amides is 1. The Balaban J connectivity index is 0.00000256. The number of rotatable bonds is 4. The molecule has 0 aliphatic rings. The molecule has 0 unspecified atom stereocenters. The van der Waals surface area contributed by atoms with Gasteiger partial charge in [-0.2, -0.15) is 0 Å². The van der Waals surface area contributed by atoms with Gasteiger partial charge in [0.05, 0.1) is 6.61 Å². The van der Waals surface area contributed by atoms with Crippen LogP contribution in [0.5, 0.6) is 0 Å². The molecule has 4 nitrogen and oxygen atoms in total. The fourth-order valence-corrected chi connectivity index (χ4v) is 1.33. The number of carbonyl (C=O) groups excluding carboxylic acids is 1. The van der Waals surface area contributed by atoms with E-state index in [1.165, 1.54) is 0 Å². The maximum atomic E-state index is 11.4. The molecule has 0 spiro atoms. The number of hydrogen-bond donors (Lipinski definition) is 2. The number of hydrogen-bond acceptors (Lipinski definition) is 3. The molecule has 0 fully saturated rings. The maximum Gasteiger partial charge on any atom is 0.233 e. The summed E-state index contributed by atoms with van der Waals surface area (Å²) in [4.78, 5) is 11.4. The Morgan fingerprint density at radius 2 is 2.24 bits per heavy atom. The van der Waals surface area contributed by atoms with Crippen molar-refractivity contribution >= 4 is 41.5 Å². The highest BCUT2D eigenvalue weighted by molar-refractivity contribution is 6.30. The fourth-order valence-electron chi connectivity index (χ4n) is 1.14. The summed E-state index contributed by atoms with van der Waals surface area (Å²) in [6, 6.07) is 6.84. The van der Waals surface area contributed by atoms with Crippen molar-refractivity contribution in [3.8, 4) is 0 Å². The van der Waals surface area contributed by atoms with Gasteiger partial charge in [-0.25, -0.2) is 0 Å². The molecule has 0 aliphatic heterocycles. The minimum atomic E-state index is -0.291. The van der Waals surface area contributed by atoms with Gasteiger partial charge < -0.3 is 10.1 Å². The van der Waals surface area contributed by atoms with Crippen LogP contribution in [0.15, 0.2) is 24.3 Å². The van der Waals surface area contributed by atoms with E-state index in [2.05, 4.69) is 5.32 Å². The summed E-state index contributed by atoms with van der Waals surface area (Å²) in [7, 11) is 0. The van der Waals surface area contributed by atoms with Crippen LogP contribution >= 0.6 is 24.0 Å². The predicted octanol–water partition coefficient (Wildman–Crippen LogP) is 3.10. The Morgan fingerprint density at radius 3 is 2.82 bits per heavy atom. The molecule has 0 heterocycles. The van der Waals surface area contributed by atoms with Crippen LogP contribution in [-0.4, -0.2) is 18.4 Å². The first-order valence-electron chi connectivity index (χ1n) is 4.87. The molecular formula is C11H14Cl2N2O2. The van der Waals surface area contributed by atoms with Gasteiger partial charge in [-0.05, 0) is 25.1 Å². The maximum absolute atomic E-state index is 11.4. The Morgan fingerprint density at radius 1 is 1.53 bits per heavy atom. The Kier molecular flexibility index (Phi) is 7.34. The van der Waals surface area contributed by atoms with Gasteiger partial charge in [0.1, 0.15) is 6.42 Å². The molecular weight excluding hydrogens is 263 g/mol. The second-order valence-corrected chi connectivity index (χ2v) is 3.53. The molecule has 0 saturated heterocycles. The van der Waals surface area contributed by atoms with Crippen molar-refractivity contribution in [1.29, 1.82) is 5.41 Å². The molecule has 6 heteroatoms. The van der Waals surface area contributed by atoms with Crippen LogP contribution in [0.2, 0.25) is 5.02 Å². The van der Waals surface area contributed by atoms with E-state index >= 15 is 0 Å². The third-order valence-electron chi connectivity index (χ3n) is 1.75. The van der Waals surface area contributed by atoms with E-state index in [1.54, 1.807) is 31.2 Å². The molecule has 0 saturated carbocycles. The molecule has 0 bridgehead atoms. The first-order chi connectivity index (χ1) is 7.61. The zero-order valence-corrected chi connectivity index (χ0v) is 10.9. The van der Waals surface area contributed by atoms with E-state index in [0.29, 0.717) is 17.3 Å². The van der Waals surface area contributed by atoms with E-state index in [0.717, 1.165) is 0 Å². The van der Waals surface area contributed by atoms with Gasteiger partial charge >= 0.3 is 0 Å². The van der Waals surface area contributed by atoms with E-state index in [1.807, 2.05) is 0 Å². The zero-order valence-electron chi connectivity index (χ0n) is 9.33. The van der Waals surface area contributed by atoms with Crippen LogP contribution in [0.4, 0.5) is 5.69 Å². The second-order valence-electron chi connectivity index (χ2n) is 3.09. The lowest BCUT2D eigenvalue weighted by molar-refractivity contribution is -0.115. The van der Waals surface area contributed by atoms with E-state index in [4.69, 9.17) is 21.7 Å². The second kappa shape index (κ2) is 7.92. The number of benzene rings is 1. The van der Waals surface area contributed by atoms with E-state index in [-0.39, 0.29) is 30.6 Å². The molecule has 0 radical (unpaired) electrons. The van der Waals surface area contributed by atoms with Crippen molar-refractivity contribution in [2.45, 2.75) is 13.3 Å². The highest BCUT2D eigenvalue weighted by Crippen LogP contribution is 2.14. The van der Waals surface area contributed by atoms with Gasteiger partial charge in [-0.15, -0.1) is 12.4 Å².